The van der Waals surface area contributed by atoms with Crippen molar-refractivity contribution in [3.05, 3.63) is 30.3 Å². The fraction of sp³-hybridized carbons (Fsp3) is 0.632. The van der Waals surface area contributed by atoms with Crippen LogP contribution in [0.5, 0.6) is 0 Å². The Labute approximate surface area is 147 Å². The summed E-state index contributed by atoms with van der Waals surface area (Å²) in [6, 6.07) is 10.7. The largest absolute Gasteiger partial charge is 0.369 e. The number of hydrogen-bond donors (Lipinski definition) is 0. The van der Waals surface area contributed by atoms with Crippen LogP contribution in [0.2, 0.25) is 0 Å². The van der Waals surface area contributed by atoms with Crippen molar-refractivity contribution in [2.45, 2.75) is 12.8 Å². The Bertz CT molecular complexity index is 480. The van der Waals surface area contributed by atoms with Gasteiger partial charge in [-0.3, -0.25) is 9.89 Å². The molecule has 1 aliphatic rings. The second-order valence-electron chi connectivity index (χ2n) is 6.84. The first-order valence-electron chi connectivity index (χ1n) is 8.99. The molecule has 24 heavy (non-hydrogen) atoms. The highest BCUT2D eigenvalue weighted by Gasteiger charge is 2.16. The van der Waals surface area contributed by atoms with Crippen LogP contribution in [-0.4, -0.2) is 88.1 Å². The van der Waals surface area contributed by atoms with Gasteiger partial charge in [-0.05, 0) is 31.5 Å². The summed E-state index contributed by atoms with van der Waals surface area (Å²) in [5.74, 6) is 1.05. The Kier molecular flexibility index (Phi) is 7.37. The quantitative estimate of drug-likeness (QED) is 0.453. The highest BCUT2D eigenvalue weighted by Crippen LogP contribution is 2.15. The number of rotatable bonds is 6. The summed E-state index contributed by atoms with van der Waals surface area (Å²) in [6.07, 6.45) is 2.38. The topological polar surface area (TPSA) is 25.3 Å². The third-order valence-corrected chi connectivity index (χ3v) is 4.43. The lowest BCUT2D eigenvalue weighted by Crippen LogP contribution is -2.46. The van der Waals surface area contributed by atoms with Crippen molar-refractivity contribution in [2.75, 3.05) is 72.4 Å². The lowest BCUT2D eigenvalue weighted by Gasteiger charge is -2.36. The minimum absolute atomic E-state index is 0.912. The molecule has 1 aromatic carbocycles. The van der Waals surface area contributed by atoms with E-state index in [1.165, 1.54) is 31.7 Å². The Hall–Kier alpha value is -1.75. The Morgan fingerprint density at radius 2 is 1.54 bits per heavy atom. The molecule has 0 spiro atoms. The van der Waals surface area contributed by atoms with Crippen molar-refractivity contribution < 1.29 is 0 Å². The minimum Gasteiger partial charge on any atom is -0.369 e. The van der Waals surface area contributed by atoms with Gasteiger partial charge >= 0.3 is 0 Å². The lowest BCUT2D eigenvalue weighted by atomic mass is 10.2. The number of unbranched alkanes of at least 4 members (excludes halogenated alkanes) is 1. The average molecular weight is 332 g/mol. The SMILES string of the molecule is CN(C)C(=NCCCCN1CCN(c2ccccc2)CC1)N(C)C. The number of hydrogen-bond acceptors (Lipinski definition) is 3. The van der Waals surface area contributed by atoms with Gasteiger partial charge in [0.25, 0.3) is 0 Å². The molecule has 2 rings (SSSR count). The predicted octanol–water partition coefficient (Wildman–Crippen LogP) is 2.07. The minimum atomic E-state index is 0.912. The standard InChI is InChI=1S/C19H33N5/c1-21(2)19(22(3)4)20-12-8-9-13-23-14-16-24(17-15-23)18-10-6-5-7-11-18/h5-7,10-11H,8-9,12-17H2,1-4H3. The van der Waals surface area contributed by atoms with Crippen molar-refractivity contribution in [1.82, 2.24) is 14.7 Å². The van der Waals surface area contributed by atoms with E-state index >= 15 is 0 Å². The van der Waals surface area contributed by atoms with Crippen molar-refractivity contribution in [3.63, 3.8) is 0 Å². The molecule has 1 aromatic rings. The maximum Gasteiger partial charge on any atom is 0.195 e. The molecule has 0 N–H and O–H groups in total. The fourth-order valence-electron chi connectivity index (χ4n) is 3.18. The third-order valence-electron chi connectivity index (χ3n) is 4.43. The van der Waals surface area contributed by atoms with Crippen LogP contribution < -0.4 is 4.90 Å². The Balaban J connectivity index is 1.64. The van der Waals surface area contributed by atoms with Gasteiger partial charge in [-0.1, -0.05) is 18.2 Å². The molecule has 0 aromatic heterocycles. The maximum atomic E-state index is 4.70. The number of anilines is 1. The highest BCUT2D eigenvalue weighted by molar-refractivity contribution is 5.79. The number of nitrogens with zero attached hydrogens (tertiary/aromatic N) is 5. The number of para-hydroxylation sites is 1. The third kappa shape index (κ3) is 5.71. The first kappa shape index (κ1) is 18.6. The van der Waals surface area contributed by atoms with Crippen LogP contribution in [-0.2, 0) is 0 Å². The summed E-state index contributed by atoms with van der Waals surface area (Å²) in [6.45, 7) is 6.70. The van der Waals surface area contributed by atoms with Crippen molar-refractivity contribution in [2.24, 2.45) is 4.99 Å². The first-order valence-corrected chi connectivity index (χ1v) is 8.99. The molecule has 0 bridgehead atoms. The van der Waals surface area contributed by atoms with E-state index in [2.05, 4.69) is 49.9 Å². The van der Waals surface area contributed by atoms with E-state index in [4.69, 9.17) is 4.99 Å². The van der Waals surface area contributed by atoms with Gasteiger partial charge in [0.2, 0.25) is 0 Å². The van der Waals surface area contributed by atoms with Crippen LogP contribution in [0.3, 0.4) is 0 Å². The summed E-state index contributed by atoms with van der Waals surface area (Å²) in [7, 11) is 8.19. The zero-order valence-electron chi connectivity index (χ0n) is 15.8. The zero-order chi connectivity index (χ0) is 17.4. The summed E-state index contributed by atoms with van der Waals surface area (Å²) in [5, 5.41) is 0. The van der Waals surface area contributed by atoms with Gasteiger partial charge in [-0.15, -0.1) is 0 Å². The molecule has 134 valence electrons. The molecule has 0 saturated carbocycles. The van der Waals surface area contributed by atoms with E-state index in [1.54, 1.807) is 0 Å². The van der Waals surface area contributed by atoms with Crippen LogP contribution in [0.4, 0.5) is 5.69 Å². The van der Waals surface area contributed by atoms with Crippen molar-refractivity contribution in [1.29, 1.82) is 0 Å². The van der Waals surface area contributed by atoms with E-state index in [1.807, 2.05) is 28.2 Å². The van der Waals surface area contributed by atoms with Gasteiger partial charge < -0.3 is 14.7 Å². The predicted molar refractivity (Wildman–Crippen MR) is 104 cm³/mol. The molecule has 0 unspecified atom stereocenters. The molecular weight excluding hydrogens is 298 g/mol. The number of guanidine groups is 1. The van der Waals surface area contributed by atoms with E-state index in [9.17, 15) is 0 Å². The first-order chi connectivity index (χ1) is 11.6. The van der Waals surface area contributed by atoms with Gasteiger partial charge in [0.15, 0.2) is 5.96 Å². The summed E-state index contributed by atoms with van der Waals surface area (Å²) >= 11 is 0. The summed E-state index contributed by atoms with van der Waals surface area (Å²) in [4.78, 5) is 13.9. The molecule has 1 fully saturated rings. The van der Waals surface area contributed by atoms with E-state index in [-0.39, 0.29) is 0 Å². The Morgan fingerprint density at radius 3 is 2.12 bits per heavy atom. The van der Waals surface area contributed by atoms with Crippen LogP contribution >= 0.6 is 0 Å². The van der Waals surface area contributed by atoms with Gasteiger partial charge in [0, 0.05) is 66.6 Å². The Morgan fingerprint density at radius 1 is 0.917 bits per heavy atom. The smallest absolute Gasteiger partial charge is 0.195 e. The maximum absolute atomic E-state index is 4.70. The van der Waals surface area contributed by atoms with Gasteiger partial charge in [0.05, 0.1) is 0 Å². The van der Waals surface area contributed by atoms with E-state index < -0.39 is 0 Å². The molecule has 1 heterocycles. The van der Waals surface area contributed by atoms with Crippen LogP contribution in [0.25, 0.3) is 0 Å². The van der Waals surface area contributed by atoms with Crippen molar-refractivity contribution >= 4 is 11.6 Å². The molecule has 1 saturated heterocycles. The fourth-order valence-corrected chi connectivity index (χ4v) is 3.18. The summed E-state index contributed by atoms with van der Waals surface area (Å²) < 4.78 is 0. The molecular formula is C19H33N5. The molecule has 1 aliphatic heterocycles. The molecule has 0 radical (unpaired) electrons. The molecule has 0 atom stereocenters. The monoisotopic (exact) mass is 331 g/mol. The van der Waals surface area contributed by atoms with Crippen LogP contribution in [0.15, 0.2) is 35.3 Å². The van der Waals surface area contributed by atoms with Gasteiger partial charge in [-0.25, -0.2) is 0 Å². The molecule has 5 heteroatoms. The zero-order valence-corrected chi connectivity index (χ0v) is 15.8. The van der Waals surface area contributed by atoms with Gasteiger partial charge in [0.1, 0.15) is 0 Å². The van der Waals surface area contributed by atoms with Gasteiger partial charge in [-0.2, -0.15) is 0 Å². The van der Waals surface area contributed by atoms with Crippen LogP contribution in [0.1, 0.15) is 12.8 Å². The van der Waals surface area contributed by atoms with E-state index in [0.29, 0.717) is 0 Å². The molecule has 0 aliphatic carbocycles. The average Bonchev–Trinajstić information content (AvgIpc) is 2.58. The molecule has 5 nitrogen and oxygen atoms in total. The molecule has 0 amide bonds. The second kappa shape index (κ2) is 9.52. The number of benzene rings is 1. The number of aliphatic imine (C=N–C) groups is 1. The van der Waals surface area contributed by atoms with E-state index in [0.717, 1.165) is 32.0 Å². The van der Waals surface area contributed by atoms with Crippen LogP contribution in [0, 0.1) is 0 Å². The normalized spacial score (nSPS) is 15.2. The lowest BCUT2D eigenvalue weighted by molar-refractivity contribution is 0.253. The highest BCUT2D eigenvalue weighted by atomic mass is 15.3. The number of piperazine rings is 1. The second-order valence-corrected chi connectivity index (χ2v) is 6.84. The summed E-state index contributed by atoms with van der Waals surface area (Å²) in [5.41, 5.74) is 1.35. The van der Waals surface area contributed by atoms with Crippen molar-refractivity contribution in [3.8, 4) is 0 Å².